The minimum Gasteiger partial charge on any atom is -0.312 e. The maximum Gasteiger partial charge on any atom is 0.256 e. The van der Waals surface area contributed by atoms with E-state index in [1.165, 1.54) is 4.88 Å². The Morgan fingerprint density at radius 2 is 2.00 bits per heavy atom. The van der Waals surface area contributed by atoms with Crippen LogP contribution in [0.3, 0.4) is 0 Å². The Hall–Kier alpha value is -2.12. The fraction of sp³-hybridized carbons (Fsp3) is 0.400. The standard InChI is InChI=1S/C20H22N2OS/c1-20(2,3)14-9-10-15-16(12-21)19(24-17(15)11-14)22-18(23)13-7-5-4-6-8-13/h4-8,14H,9-11H2,1-3H3,(H,22,23)/t14-/m1/s1. The third-order valence-electron chi connectivity index (χ3n) is 4.86. The van der Waals surface area contributed by atoms with Crippen molar-refractivity contribution >= 4 is 22.2 Å². The molecule has 124 valence electrons. The van der Waals surface area contributed by atoms with Crippen LogP contribution in [0.5, 0.6) is 0 Å². The van der Waals surface area contributed by atoms with Gasteiger partial charge in [-0.3, -0.25) is 4.79 Å². The zero-order valence-electron chi connectivity index (χ0n) is 14.3. The molecule has 24 heavy (non-hydrogen) atoms. The highest BCUT2D eigenvalue weighted by Gasteiger charge is 2.32. The maximum absolute atomic E-state index is 12.4. The van der Waals surface area contributed by atoms with Crippen molar-refractivity contribution in [3.63, 3.8) is 0 Å². The summed E-state index contributed by atoms with van der Waals surface area (Å²) in [5, 5.41) is 13.2. The molecule has 1 heterocycles. The predicted octanol–water partition coefficient (Wildman–Crippen LogP) is 5.02. The highest BCUT2D eigenvalue weighted by atomic mass is 32.1. The summed E-state index contributed by atoms with van der Waals surface area (Å²) in [5.74, 6) is 0.464. The van der Waals surface area contributed by atoms with Crippen molar-refractivity contribution < 1.29 is 4.79 Å². The number of nitrogens with zero attached hydrogens (tertiary/aromatic N) is 1. The Morgan fingerprint density at radius 3 is 2.62 bits per heavy atom. The van der Waals surface area contributed by atoms with E-state index in [9.17, 15) is 10.1 Å². The van der Waals surface area contributed by atoms with Crippen LogP contribution in [0.25, 0.3) is 0 Å². The zero-order chi connectivity index (χ0) is 17.3. The number of carbonyl (C=O) groups is 1. The topological polar surface area (TPSA) is 52.9 Å². The van der Waals surface area contributed by atoms with Crippen LogP contribution in [0.4, 0.5) is 5.00 Å². The summed E-state index contributed by atoms with van der Waals surface area (Å²) in [5.41, 5.74) is 2.68. The first-order valence-corrected chi connectivity index (χ1v) is 9.13. The first kappa shape index (κ1) is 16.7. The molecule has 0 aliphatic heterocycles. The minimum atomic E-state index is -0.155. The summed E-state index contributed by atoms with van der Waals surface area (Å²) in [6, 6.07) is 11.4. The van der Waals surface area contributed by atoms with Gasteiger partial charge in [-0.1, -0.05) is 39.0 Å². The van der Waals surface area contributed by atoms with Gasteiger partial charge in [0, 0.05) is 10.4 Å². The van der Waals surface area contributed by atoms with Gasteiger partial charge in [-0.25, -0.2) is 0 Å². The van der Waals surface area contributed by atoms with Gasteiger partial charge in [0.2, 0.25) is 0 Å². The van der Waals surface area contributed by atoms with Gasteiger partial charge < -0.3 is 5.32 Å². The van der Waals surface area contributed by atoms with Crippen LogP contribution < -0.4 is 5.32 Å². The van der Waals surface area contributed by atoms with Crippen molar-refractivity contribution in [3.8, 4) is 6.07 Å². The van der Waals surface area contributed by atoms with Gasteiger partial charge >= 0.3 is 0 Å². The van der Waals surface area contributed by atoms with E-state index in [4.69, 9.17) is 0 Å². The number of amides is 1. The van der Waals surface area contributed by atoms with E-state index < -0.39 is 0 Å². The van der Waals surface area contributed by atoms with Crippen LogP contribution in [0.1, 0.15) is 53.6 Å². The smallest absolute Gasteiger partial charge is 0.256 e. The van der Waals surface area contributed by atoms with Crippen molar-refractivity contribution in [2.24, 2.45) is 11.3 Å². The van der Waals surface area contributed by atoms with E-state index in [1.807, 2.05) is 18.2 Å². The van der Waals surface area contributed by atoms with Crippen molar-refractivity contribution in [1.29, 1.82) is 5.26 Å². The molecule has 0 spiro atoms. The molecule has 2 aromatic rings. The molecular formula is C20H22N2OS. The van der Waals surface area contributed by atoms with E-state index in [0.717, 1.165) is 24.8 Å². The van der Waals surface area contributed by atoms with Crippen molar-refractivity contribution in [2.45, 2.75) is 40.0 Å². The molecule has 0 fully saturated rings. The second-order valence-corrected chi connectivity index (χ2v) is 8.55. The number of carbonyl (C=O) groups excluding carboxylic acids is 1. The van der Waals surface area contributed by atoms with E-state index in [0.29, 0.717) is 22.0 Å². The van der Waals surface area contributed by atoms with Crippen LogP contribution in [0, 0.1) is 22.7 Å². The fourth-order valence-corrected chi connectivity index (χ4v) is 4.57. The number of rotatable bonds is 2. The van der Waals surface area contributed by atoms with Gasteiger partial charge in [0.1, 0.15) is 11.1 Å². The van der Waals surface area contributed by atoms with Crippen molar-refractivity contribution in [2.75, 3.05) is 5.32 Å². The van der Waals surface area contributed by atoms with Crippen LogP contribution in [0.15, 0.2) is 30.3 Å². The SMILES string of the molecule is CC(C)(C)[C@@H]1CCc2c(sc(NC(=O)c3ccccc3)c2C#N)C1. The number of anilines is 1. The summed E-state index contributed by atoms with van der Waals surface area (Å²) in [6.07, 6.45) is 3.03. The third-order valence-corrected chi connectivity index (χ3v) is 6.03. The first-order valence-electron chi connectivity index (χ1n) is 8.31. The molecule has 1 atom stereocenters. The van der Waals surface area contributed by atoms with Gasteiger partial charge in [0.05, 0.1) is 5.56 Å². The highest BCUT2D eigenvalue weighted by molar-refractivity contribution is 7.16. The monoisotopic (exact) mass is 338 g/mol. The Morgan fingerprint density at radius 1 is 1.29 bits per heavy atom. The Bertz CT molecular complexity index is 794. The number of hydrogen-bond donors (Lipinski definition) is 1. The Labute approximate surface area is 147 Å². The number of nitrogens with one attached hydrogen (secondary N) is 1. The molecule has 3 nitrogen and oxygen atoms in total. The molecule has 1 N–H and O–H groups in total. The summed E-state index contributed by atoms with van der Waals surface area (Å²) >= 11 is 1.57. The number of thiophene rings is 1. The molecule has 0 bridgehead atoms. The minimum absolute atomic E-state index is 0.155. The van der Waals surface area contributed by atoms with Gasteiger partial charge in [0.25, 0.3) is 5.91 Å². The van der Waals surface area contributed by atoms with E-state index in [2.05, 4.69) is 32.2 Å². The van der Waals surface area contributed by atoms with Crippen molar-refractivity contribution in [1.82, 2.24) is 0 Å². The van der Waals surface area contributed by atoms with Gasteiger partial charge in [-0.05, 0) is 48.3 Å². The lowest BCUT2D eigenvalue weighted by Crippen LogP contribution is -2.26. The van der Waals surface area contributed by atoms with E-state index in [1.54, 1.807) is 23.5 Å². The lowest BCUT2D eigenvalue weighted by molar-refractivity contribution is 0.102. The number of hydrogen-bond acceptors (Lipinski definition) is 3. The molecule has 1 aliphatic rings. The highest BCUT2D eigenvalue weighted by Crippen LogP contribution is 2.44. The zero-order valence-corrected chi connectivity index (χ0v) is 15.2. The molecule has 0 radical (unpaired) electrons. The molecule has 3 rings (SSSR count). The molecule has 0 saturated heterocycles. The Kier molecular flexibility index (Phi) is 4.47. The normalized spacial score (nSPS) is 17.0. The number of nitriles is 1. The van der Waals surface area contributed by atoms with Gasteiger partial charge in [0.15, 0.2) is 0 Å². The molecule has 1 aromatic heterocycles. The van der Waals surface area contributed by atoms with Crippen LogP contribution in [0.2, 0.25) is 0 Å². The molecule has 1 aromatic carbocycles. The lowest BCUT2D eigenvalue weighted by Gasteiger charge is -2.33. The van der Waals surface area contributed by atoms with Crippen LogP contribution >= 0.6 is 11.3 Å². The van der Waals surface area contributed by atoms with Gasteiger partial charge in [-0.15, -0.1) is 11.3 Å². The fourth-order valence-electron chi connectivity index (χ4n) is 3.30. The molecular weight excluding hydrogens is 316 g/mol. The summed E-state index contributed by atoms with van der Waals surface area (Å²) in [7, 11) is 0. The average Bonchev–Trinajstić information content (AvgIpc) is 2.90. The lowest BCUT2D eigenvalue weighted by atomic mass is 9.72. The van der Waals surface area contributed by atoms with Crippen molar-refractivity contribution in [3.05, 3.63) is 51.9 Å². The third kappa shape index (κ3) is 3.22. The van der Waals surface area contributed by atoms with Crippen LogP contribution in [-0.2, 0) is 12.8 Å². The van der Waals surface area contributed by atoms with E-state index >= 15 is 0 Å². The molecule has 1 aliphatic carbocycles. The molecule has 4 heteroatoms. The Balaban J connectivity index is 1.87. The molecule has 0 unspecified atom stereocenters. The summed E-state index contributed by atoms with van der Waals surface area (Å²) in [6.45, 7) is 6.83. The van der Waals surface area contributed by atoms with Gasteiger partial charge in [-0.2, -0.15) is 5.26 Å². The average molecular weight is 338 g/mol. The largest absolute Gasteiger partial charge is 0.312 e. The second-order valence-electron chi connectivity index (χ2n) is 7.45. The number of fused-ring (bicyclic) bond motifs is 1. The summed E-state index contributed by atoms with van der Waals surface area (Å²) in [4.78, 5) is 13.7. The van der Waals surface area contributed by atoms with E-state index in [-0.39, 0.29) is 11.3 Å². The number of benzene rings is 1. The first-order chi connectivity index (χ1) is 11.4. The molecule has 1 amide bonds. The second kappa shape index (κ2) is 6.41. The predicted molar refractivity (Wildman–Crippen MR) is 98.4 cm³/mol. The van der Waals surface area contributed by atoms with Crippen LogP contribution in [-0.4, -0.2) is 5.91 Å². The summed E-state index contributed by atoms with van der Waals surface area (Å²) < 4.78 is 0. The molecule has 0 saturated carbocycles. The maximum atomic E-state index is 12.4. The quantitative estimate of drug-likeness (QED) is 0.835.